The fraction of sp³-hybridized carbons (Fsp3) is 0.250. The Morgan fingerprint density at radius 1 is 0.962 bits per heavy atom. The number of carbonyl (C=O) groups is 3. The molecule has 2 aromatic carbocycles. The third kappa shape index (κ3) is 3.59. The Morgan fingerprint density at radius 3 is 2.27 bits per heavy atom. The van der Waals surface area contributed by atoms with Crippen molar-refractivity contribution in [3.05, 3.63) is 65.2 Å². The van der Waals surface area contributed by atoms with Gasteiger partial charge in [0.05, 0.1) is 5.92 Å². The summed E-state index contributed by atoms with van der Waals surface area (Å²) in [5, 5.41) is 0. The third-order valence-corrected chi connectivity index (χ3v) is 4.54. The lowest BCUT2D eigenvalue weighted by Crippen LogP contribution is -2.45. The number of anilines is 1. The summed E-state index contributed by atoms with van der Waals surface area (Å²) >= 11 is 0. The molecule has 3 amide bonds. The van der Waals surface area contributed by atoms with Gasteiger partial charge < -0.3 is 4.90 Å². The normalized spacial score (nSPS) is 16.5. The van der Waals surface area contributed by atoms with Gasteiger partial charge in [-0.05, 0) is 37.1 Å². The van der Waals surface area contributed by atoms with Crippen LogP contribution in [0.1, 0.15) is 27.9 Å². The van der Waals surface area contributed by atoms with Crippen molar-refractivity contribution >= 4 is 23.4 Å². The standard InChI is InChI=1S/C20H21N3O3/c1-13-7-6-8-14(2)18(13)23-12-16(11-17(23)24)20(26)22-21-19(25)15-9-4-3-5-10-15/h3-10,16H,11-12H2,1-2H3,(H,21,25)(H,22,26)/t16-/m1/s1. The Hall–Kier alpha value is -3.15. The van der Waals surface area contributed by atoms with Gasteiger partial charge in [-0.1, -0.05) is 36.4 Å². The number of hydrogen-bond acceptors (Lipinski definition) is 3. The van der Waals surface area contributed by atoms with Gasteiger partial charge in [0.15, 0.2) is 0 Å². The highest BCUT2D eigenvalue weighted by Crippen LogP contribution is 2.30. The molecule has 1 saturated heterocycles. The number of nitrogens with zero attached hydrogens (tertiary/aromatic N) is 1. The molecule has 1 atom stereocenters. The van der Waals surface area contributed by atoms with Crippen molar-refractivity contribution < 1.29 is 14.4 Å². The molecule has 0 aliphatic carbocycles. The summed E-state index contributed by atoms with van der Waals surface area (Å²) in [4.78, 5) is 38.4. The van der Waals surface area contributed by atoms with E-state index in [2.05, 4.69) is 10.9 Å². The minimum absolute atomic E-state index is 0.0862. The molecule has 0 spiro atoms. The van der Waals surface area contributed by atoms with Crippen LogP contribution in [-0.2, 0) is 9.59 Å². The van der Waals surface area contributed by atoms with Gasteiger partial charge in [-0.15, -0.1) is 0 Å². The van der Waals surface area contributed by atoms with Crippen LogP contribution in [0.4, 0.5) is 5.69 Å². The number of aryl methyl sites for hydroxylation is 2. The summed E-state index contributed by atoms with van der Waals surface area (Å²) in [6, 6.07) is 14.4. The molecule has 0 bridgehead atoms. The molecule has 6 nitrogen and oxygen atoms in total. The van der Waals surface area contributed by atoms with Crippen molar-refractivity contribution in [2.75, 3.05) is 11.4 Å². The zero-order valence-corrected chi connectivity index (χ0v) is 14.8. The van der Waals surface area contributed by atoms with Crippen molar-refractivity contribution in [3.63, 3.8) is 0 Å². The van der Waals surface area contributed by atoms with Crippen molar-refractivity contribution in [2.24, 2.45) is 5.92 Å². The quantitative estimate of drug-likeness (QED) is 0.832. The summed E-state index contributed by atoms with van der Waals surface area (Å²) in [7, 11) is 0. The summed E-state index contributed by atoms with van der Waals surface area (Å²) in [6.07, 6.45) is 0.126. The first kappa shape index (κ1) is 17.7. The van der Waals surface area contributed by atoms with Crippen LogP contribution in [0.15, 0.2) is 48.5 Å². The zero-order valence-electron chi connectivity index (χ0n) is 14.8. The molecule has 1 aliphatic heterocycles. The first-order valence-electron chi connectivity index (χ1n) is 8.49. The number of hydrazine groups is 1. The molecule has 26 heavy (non-hydrogen) atoms. The van der Waals surface area contributed by atoms with Gasteiger partial charge in [0.2, 0.25) is 11.8 Å². The maximum Gasteiger partial charge on any atom is 0.269 e. The first-order valence-corrected chi connectivity index (χ1v) is 8.49. The molecule has 2 aromatic rings. The third-order valence-electron chi connectivity index (χ3n) is 4.54. The molecule has 1 heterocycles. The van der Waals surface area contributed by atoms with Crippen molar-refractivity contribution in [3.8, 4) is 0 Å². The number of hydrogen-bond donors (Lipinski definition) is 2. The Balaban J connectivity index is 1.63. The van der Waals surface area contributed by atoms with Gasteiger partial charge in [-0.25, -0.2) is 0 Å². The van der Waals surface area contributed by atoms with Crippen LogP contribution < -0.4 is 15.8 Å². The molecule has 1 aliphatic rings. The highest BCUT2D eigenvalue weighted by atomic mass is 16.2. The molecular weight excluding hydrogens is 330 g/mol. The molecule has 0 radical (unpaired) electrons. The number of nitrogens with one attached hydrogen (secondary N) is 2. The number of rotatable bonds is 3. The van der Waals surface area contributed by atoms with E-state index in [1.165, 1.54) is 0 Å². The molecule has 0 unspecified atom stereocenters. The summed E-state index contributed by atoms with van der Waals surface area (Å²) in [5.41, 5.74) is 8.13. The van der Waals surface area contributed by atoms with E-state index in [9.17, 15) is 14.4 Å². The molecule has 3 rings (SSSR count). The van der Waals surface area contributed by atoms with E-state index >= 15 is 0 Å². The van der Waals surface area contributed by atoms with E-state index in [1.54, 1.807) is 29.2 Å². The van der Waals surface area contributed by atoms with E-state index in [4.69, 9.17) is 0 Å². The number of benzene rings is 2. The average Bonchev–Trinajstić information content (AvgIpc) is 3.01. The van der Waals surface area contributed by atoms with Gasteiger partial charge in [-0.3, -0.25) is 25.2 Å². The van der Waals surface area contributed by atoms with Gasteiger partial charge in [0.1, 0.15) is 0 Å². The second-order valence-electron chi connectivity index (χ2n) is 6.46. The summed E-state index contributed by atoms with van der Waals surface area (Å²) in [5.74, 6) is -1.35. The van der Waals surface area contributed by atoms with Crippen molar-refractivity contribution in [1.29, 1.82) is 0 Å². The van der Waals surface area contributed by atoms with E-state index < -0.39 is 11.8 Å². The minimum atomic E-state index is -0.502. The Bertz CT molecular complexity index is 828. The molecule has 1 fully saturated rings. The average molecular weight is 351 g/mol. The second kappa shape index (κ2) is 7.39. The second-order valence-corrected chi connectivity index (χ2v) is 6.46. The monoisotopic (exact) mass is 351 g/mol. The van der Waals surface area contributed by atoms with Crippen molar-refractivity contribution in [2.45, 2.75) is 20.3 Å². The van der Waals surface area contributed by atoms with Gasteiger partial charge in [0, 0.05) is 24.2 Å². The maximum atomic E-state index is 12.4. The topological polar surface area (TPSA) is 78.5 Å². The van der Waals surface area contributed by atoms with Crippen LogP contribution in [0.2, 0.25) is 0 Å². The fourth-order valence-electron chi connectivity index (χ4n) is 3.21. The smallest absolute Gasteiger partial charge is 0.269 e. The largest absolute Gasteiger partial charge is 0.311 e. The van der Waals surface area contributed by atoms with E-state index in [1.807, 2.05) is 38.1 Å². The minimum Gasteiger partial charge on any atom is -0.311 e. The lowest BCUT2D eigenvalue weighted by atomic mass is 10.1. The van der Waals surface area contributed by atoms with Crippen LogP contribution in [0.25, 0.3) is 0 Å². The number of carbonyl (C=O) groups excluding carboxylic acids is 3. The molecular formula is C20H21N3O3. The van der Waals surface area contributed by atoms with Gasteiger partial charge in [0.25, 0.3) is 5.91 Å². The van der Waals surface area contributed by atoms with Gasteiger partial charge >= 0.3 is 0 Å². The number of amides is 3. The van der Waals surface area contributed by atoms with E-state index in [0.717, 1.165) is 16.8 Å². The van der Waals surface area contributed by atoms with Crippen LogP contribution in [0.3, 0.4) is 0 Å². The predicted molar refractivity (Wildman–Crippen MR) is 98.4 cm³/mol. The zero-order chi connectivity index (χ0) is 18.7. The Morgan fingerprint density at radius 2 is 1.62 bits per heavy atom. The highest BCUT2D eigenvalue weighted by molar-refractivity contribution is 6.02. The summed E-state index contributed by atoms with van der Waals surface area (Å²) in [6.45, 7) is 4.20. The SMILES string of the molecule is Cc1cccc(C)c1N1C[C@H](C(=O)NNC(=O)c2ccccc2)CC1=O. The first-order chi connectivity index (χ1) is 12.5. The Kier molecular flexibility index (Phi) is 5.02. The molecule has 134 valence electrons. The lowest BCUT2D eigenvalue weighted by molar-refractivity contribution is -0.126. The van der Waals surface area contributed by atoms with Crippen LogP contribution in [0, 0.1) is 19.8 Å². The molecule has 2 N–H and O–H groups in total. The molecule has 6 heteroatoms. The molecule has 0 aromatic heterocycles. The fourth-order valence-corrected chi connectivity index (χ4v) is 3.21. The van der Waals surface area contributed by atoms with Crippen molar-refractivity contribution in [1.82, 2.24) is 10.9 Å². The van der Waals surface area contributed by atoms with E-state index in [0.29, 0.717) is 12.1 Å². The summed E-state index contributed by atoms with van der Waals surface area (Å²) < 4.78 is 0. The van der Waals surface area contributed by atoms with Crippen LogP contribution >= 0.6 is 0 Å². The van der Waals surface area contributed by atoms with Crippen LogP contribution in [-0.4, -0.2) is 24.3 Å². The van der Waals surface area contributed by atoms with Crippen LogP contribution in [0.5, 0.6) is 0 Å². The van der Waals surface area contributed by atoms with E-state index in [-0.39, 0.29) is 18.2 Å². The predicted octanol–water partition coefficient (Wildman–Crippen LogP) is 2.12. The number of para-hydroxylation sites is 1. The lowest BCUT2D eigenvalue weighted by Gasteiger charge is -2.21. The molecule has 0 saturated carbocycles. The maximum absolute atomic E-state index is 12.4. The van der Waals surface area contributed by atoms with Gasteiger partial charge in [-0.2, -0.15) is 0 Å². The highest BCUT2D eigenvalue weighted by Gasteiger charge is 2.36. The Labute approximate surface area is 152 Å².